The minimum absolute atomic E-state index is 0.0781. The van der Waals surface area contributed by atoms with Gasteiger partial charge in [-0.1, -0.05) is 12.2 Å². The maximum absolute atomic E-state index is 14.3. The lowest BCUT2D eigenvalue weighted by Gasteiger charge is -2.26. The van der Waals surface area contributed by atoms with E-state index in [2.05, 4.69) is 30.8 Å². The molecule has 0 radical (unpaired) electrons. The topological polar surface area (TPSA) is 157 Å². The van der Waals surface area contributed by atoms with Gasteiger partial charge < -0.3 is 15.5 Å². The Morgan fingerprint density at radius 1 is 1.08 bits per heavy atom. The zero-order chi connectivity index (χ0) is 36.1. The minimum atomic E-state index is -4.50. The highest BCUT2D eigenvalue weighted by molar-refractivity contribution is 6.07. The molecule has 13 nitrogen and oxygen atoms in total. The van der Waals surface area contributed by atoms with E-state index in [0.29, 0.717) is 53.5 Å². The number of aryl methyl sites for hydroxylation is 1. The van der Waals surface area contributed by atoms with Crippen molar-refractivity contribution in [1.82, 2.24) is 39.7 Å². The molecule has 1 saturated carbocycles. The highest BCUT2D eigenvalue weighted by Crippen LogP contribution is 2.59. The summed E-state index contributed by atoms with van der Waals surface area (Å²) in [4.78, 5) is 63.9. The summed E-state index contributed by atoms with van der Waals surface area (Å²) in [6.07, 6.45) is 6.88. The molecule has 1 aliphatic carbocycles. The van der Waals surface area contributed by atoms with Gasteiger partial charge in [0.05, 0.1) is 5.52 Å². The quantitative estimate of drug-likeness (QED) is 0.232. The number of carbonyl (C=O) groups is 4. The van der Waals surface area contributed by atoms with Crippen LogP contribution in [0.15, 0.2) is 48.9 Å². The molecule has 51 heavy (non-hydrogen) atoms. The Bertz CT molecular complexity index is 2070. The number of nitrogens with zero attached hydrogens (tertiary/aromatic N) is 7. The van der Waals surface area contributed by atoms with Crippen LogP contribution in [0.1, 0.15) is 60.9 Å². The van der Waals surface area contributed by atoms with Crippen LogP contribution >= 0.6 is 0 Å². The summed E-state index contributed by atoms with van der Waals surface area (Å²) in [7, 11) is 0. The average molecular weight is 704 g/mol. The molecule has 2 N–H and O–H groups in total. The third-order valence-electron chi connectivity index (χ3n) is 9.81. The van der Waals surface area contributed by atoms with Crippen molar-refractivity contribution in [3.05, 3.63) is 66.0 Å². The van der Waals surface area contributed by atoms with Crippen LogP contribution in [0.2, 0.25) is 0 Å². The number of rotatable bonds is 5. The van der Waals surface area contributed by atoms with Crippen LogP contribution < -0.4 is 10.6 Å². The van der Waals surface area contributed by atoms with Gasteiger partial charge in [0.2, 0.25) is 17.7 Å². The predicted octanol–water partition coefficient (Wildman–Crippen LogP) is 4.16. The number of hydrogen-bond donors (Lipinski definition) is 2. The lowest BCUT2D eigenvalue weighted by Crippen LogP contribution is -2.46. The molecule has 1 saturated heterocycles. The first-order valence-corrected chi connectivity index (χ1v) is 16.8. The Morgan fingerprint density at radius 2 is 1.86 bits per heavy atom. The Hall–Kier alpha value is -5.41. The maximum atomic E-state index is 14.3. The molecular formula is C35H36F3N9O4. The van der Waals surface area contributed by atoms with Crippen LogP contribution in [-0.4, -0.2) is 82.7 Å². The molecule has 0 spiro atoms. The molecule has 3 atom stereocenters. The normalized spacial score (nSPS) is 23.0. The van der Waals surface area contributed by atoms with Gasteiger partial charge in [-0.05, 0) is 62.3 Å². The third-order valence-corrected chi connectivity index (χ3v) is 9.81. The van der Waals surface area contributed by atoms with Gasteiger partial charge in [-0.2, -0.15) is 23.4 Å². The third kappa shape index (κ3) is 6.99. The van der Waals surface area contributed by atoms with Crippen molar-refractivity contribution in [3.63, 3.8) is 0 Å². The van der Waals surface area contributed by atoms with Gasteiger partial charge >= 0.3 is 6.18 Å². The van der Waals surface area contributed by atoms with E-state index >= 15 is 0 Å². The SMILES string of the molecule is CC(=O)c1nn2c3c(cc(-c4cnc(C)nc4)cc13)C/C=C\CCCC(=O)NC[C@@]13C[C@@H](C(=O)Nc4ccn(CC(F)(F)F)n4)N(C(=O)C2)[C@@H]1C3. The molecule has 16 heteroatoms. The number of aromatic nitrogens is 6. The van der Waals surface area contributed by atoms with E-state index in [1.54, 1.807) is 19.3 Å². The molecule has 3 amide bonds. The van der Waals surface area contributed by atoms with Crippen LogP contribution in [-0.2, 0) is 33.9 Å². The van der Waals surface area contributed by atoms with Crippen molar-refractivity contribution >= 4 is 40.2 Å². The Labute approximate surface area is 290 Å². The van der Waals surface area contributed by atoms with Gasteiger partial charge in [0, 0.05) is 67.0 Å². The largest absolute Gasteiger partial charge is 0.408 e. The lowest BCUT2D eigenvalue weighted by atomic mass is 9.98. The number of carbonyl (C=O) groups excluding carboxylic acids is 4. The first-order chi connectivity index (χ1) is 24.3. The van der Waals surface area contributed by atoms with Crippen molar-refractivity contribution in [3.8, 4) is 11.1 Å². The Kier molecular flexibility index (Phi) is 8.71. The van der Waals surface area contributed by atoms with Crippen molar-refractivity contribution < 1.29 is 32.3 Å². The van der Waals surface area contributed by atoms with Crippen molar-refractivity contribution in [2.24, 2.45) is 5.41 Å². The van der Waals surface area contributed by atoms with E-state index in [1.807, 2.05) is 24.3 Å². The number of allylic oxidation sites excluding steroid dienone is 2. The summed E-state index contributed by atoms with van der Waals surface area (Å²) in [5, 5.41) is 14.6. The lowest BCUT2D eigenvalue weighted by molar-refractivity contribution is -0.142. The van der Waals surface area contributed by atoms with E-state index in [0.717, 1.165) is 22.9 Å². The number of hydrogen-bond acceptors (Lipinski definition) is 8. The number of halogens is 3. The number of ketones is 1. The Balaban J connectivity index is 1.26. The highest BCUT2D eigenvalue weighted by Gasteiger charge is 2.67. The van der Waals surface area contributed by atoms with Crippen LogP contribution in [0.4, 0.5) is 19.0 Å². The summed E-state index contributed by atoms with van der Waals surface area (Å²) in [6.45, 7) is 1.87. The van der Waals surface area contributed by atoms with E-state index < -0.39 is 36.0 Å². The molecule has 2 bridgehead atoms. The fourth-order valence-corrected chi connectivity index (χ4v) is 7.30. The van der Waals surface area contributed by atoms with Gasteiger partial charge in [0.1, 0.15) is 30.6 Å². The van der Waals surface area contributed by atoms with E-state index in [9.17, 15) is 32.3 Å². The second kappa shape index (κ2) is 13.0. The number of alkyl halides is 3. The molecule has 7 rings (SSSR count). The summed E-state index contributed by atoms with van der Waals surface area (Å²) in [5.74, 6) is -0.896. The summed E-state index contributed by atoms with van der Waals surface area (Å²) < 4.78 is 40.9. The molecule has 3 aromatic heterocycles. The first-order valence-electron chi connectivity index (χ1n) is 16.8. The predicted molar refractivity (Wildman–Crippen MR) is 178 cm³/mol. The average Bonchev–Trinajstić information content (AvgIpc) is 3.32. The summed E-state index contributed by atoms with van der Waals surface area (Å²) in [5.41, 5.74) is 2.59. The fourth-order valence-electron chi connectivity index (χ4n) is 7.30. The van der Waals surface area contributed by atoms with Gasteiger partial charge in [0.25, 0.3) is 0 Å². The standard InChI is InChI=1S/C35H36F3N9O4/c1-20(48)31-25-12-23(24-15-39-21(2)40-16-24)11-22-7-5-3-4-6-8-29(49)41-18-34-13-26(33(51)42-28-9-10-45(43-28)19-35(36,37)38)47(27(34)14-34)30(50)17-46(44-31)32(22)25/h3,5,9-12,15-16,26-27H,4,6-8,13-14,17-19H2,1-2H3,(H,41,49)(H,42,43,51)/b5-3-/t26-,27+,34-/m0/s1. The molecule has 2 aliphatic heterocycles. The van der Waals surface area contributed by atoms with Gasteiger partial charge in [-0.15, -0.1) is 0 Å². The molecular weight excluding hydrogens is 667 g/mol. The second-order valence-electron chi connectivity index (χ2n) is 13.6. The van der Waals surface area contributed by atoms with Crippen LogP contribution in [0.3, 0.4) is 0 Å². The molecule has 4 aromatic rings. The molecule has 1 aromatic carbocycles. The molecule has 5 heterocycles. The number of anilines is 1. The number of benzene rings is 1. The summed E-state index contributed by atoms with van der Waals surface area (Å²) >= 11 is 0. The number of nitrogens with one attached hydrogen (secondary N) is 2. The van der Waals surface area contributed by atoms with Gasteiger partial charge in [-0.25, -0.2) is 9.97 Å². The molecule has 3 aliphatic rings. The summed E-state index contributed by atoms with van der Waals surface area (Å²) in [6, 6.07) is 3.73. The van der Waals surface area contributed by atoms with Crippen molar-refractivity contribution in [1.29, 1.82) is 0 Å². The molecule has 266 valence electrons. The number of Topliss-reactive ketones (excluding diaryl/α,β-unsaturated/α-hetero) is 1. The zero-order valence-electron chi connectivity index (χ0n) is 28.0. The van der Waals surface area contributed by atoms with E-state index in [-0.39, 0.29) is 48.8 Å². The van der Waals surface area contributed by atoms with Crippen LogP contribution in [0.25, 0.3) is 22.0 Å². The monoisotopic (exact) mass is 703 g/mol. The zero-order valence-corrected chi connectivity index (χ0v) is 28.0. The minimum Gasteiger partial charge on any atom is -0.355 e. The smallest absolute Gasteiger partial charge is 0.355 e. The maximum Gasteiger partial charge on any atom is 0.408 e. The highest BCUT2D eigenvalue weighted by atomic mass is 19.4. The number of amides is 3. The number of piperidine rings is 1. The fraction of sp³-hybridized carbons (Fsp3) is 0.429. The first kappa shape index (κ1) is 34.1. The van der Waals surface area contributed by atoms with Crippen LogP contribution in [0, 0.1) is 12.3 Å². The second-order valence-corrected chi connectivity index (χ2v) is 13.6. The van der Waals surface area contributed by atoms with E-state index in [4.69, 9.17) is 0 Å². The van der Waals surface area contributed by atoms with Crippen molar-refractivity contribution in [2.75, 3.05) is 11.9 Å². The van der Waals surface area contributed by atoms with E-state index in [1.165, 1.54) is 22.6 Å². The van der Waals surface area contributed by atoms with Gasteiger partial charge in [-0.3, -0.25) is 28.5 Å². The Morgan fingerprint density at radius 3 is 2.61 bits per heavy atom. The molecule has 2 fully saturated rings. The van der Waals surface area contributed by atoms with Crippen molar-refractivity contribution in [2.45, 2.75) is 83.7 Å². The van der Waals surface area contributed by atoms with Crippen LogP contribution in [0.5, 0.6) is 0 Å². The molecule has 0 unspecified atom stereocenters. The van der Waals surface area contributed by atoms with Gasteiger partial charge in [0.15, 0.2) is 11.6 Å².